The van der Waals surface area contributed by atoms with E-state index in [4.69, 9.17) is 5.11 Å². The van der Waals surface area contributed by atoms with Gasteiger partial charge in [0.1, 0.15) is 0 Å². The molecule has 0 bridgehead atoms. The minimum absolute atomic E-state index is 0.514. The van der Waals surface area contributed by atoms with Gasteiger partial charge in [-0.05, 0) is 20.1 Å². The van der Waals surface area contributed by atoms with Crippen molar-refractivity contribution >= 4 is 22.7 Å². The van der Waals surface area contributed by atoms with Crippen LogP contribution >= 0.6 is 11.8 Å². The van der Waals surface area contributed by atoms with Crippen LogP contribution in [0.5, 0.6) is 0 Å². The molecule has 0 heterocycles. The van der Waals surface area contributed by atoms with Gasteiger partial charge in [-0.2, -0.15) is 0 Å². The second kappa shape index (κ2) is 3.16. The van der Waals surface area contributed by atoms with Crippen molar-refractivity contribution in [2.24, 2.45) is 0 Å². The molecular formula is C6H10O3S. The minimum atomic E-state index is -1.81. The first-order valence-electron chi connectivity index (χ1n) is 2.74. The number of rotatable bonds is 2. The van der Waals surface area contributed by atoms with Crippen LogP contribution in [0.2, 0.25) is 0 Å². The van der Waals surface area contributed by atoms with Gasteiger partial charge in [0, 0.05) is 0 Å². The topological polar surface area (TPSA) is 54.4 Å². The number of thioether (sulfide) groups is 1. The van der Waals surface area contributed by atoms with Crippen molar-refractivity contribution in [2.75, 3.05) is 6.26 Å². The molecule has 0 aliphatic carbocycles. The van der Waals surface area contributed by atoms with Gasteiger partial charge in [-0.25, -0.2) is 0 Å². The summed E-state index contributed by atoms with van der Waals surface area (Å²) >= 11 is 0.850. The molecule has 0 aromatic carbocycles. The van der Waals surface area contributed by atoms with Gasteiger partial charge in [0.2, 0.25) is 5.12 Å². The van der Waals surface area contributed by atoms with Crippen LogP contribution in [0.4, 0.5) is 0 Å². The summed E-state index contributed by atoms with van der Waals surface area (Å²) in [4.78, 5) is 21.3. The summed E-state index contributed by atoms with van der Waals surface area (Å²) in [6, 6.07) is 0. The molecule has 0 saturated carbocycles. The highest BCUT2D eigenvalue weighted by molar-refractivity contribution is 8.13. The lowest BCUT2D eigenvalue weighted by molar-refractivity contribution is -0.142. The maximum atomic E-state index is 10.8. The molecule has 0 rings (SSSR count). The van der Waals surface area contributed by atoms with Crippen LogP contribution in [-0.2, 0) is 9.59 Å². The van der Waals surface area contributed by atoms with Crippen LogP contribution in [0.15, 0.2) is 0 Å². The first-order chi connectivity index (χ1) is 4.42. The van der Waals surface area contributed by atoms with Gasteiger partial charge in [0.05, 0.1) is 0 Å². The third-order valence-corrected chi connectivity index (χ3v) is 2.04. The highest BCUT2D eigenvalue weighted by Crippen LogP contribution is 2.13. The molecule has 3 nitrogen and oxygen atoms in total. The van der Waals surface area contributed by atoms with E-state index in [1.807, 2.05) is 0 Å². The van der Waals surface area contributed by atoms with E-state index in [0.717, 1.165) is 11.8 Å². The number of Topliss-reactive ketones (excluding diaryl/α,β-unsaturated/α-hetero) is 1. The van der Waals surface area contributed by atoms with E-state index in [0.29, 0.717) is 0 Å². The standard InChI is InChI=1S/C6H10O3S/c1-4(7)6(2,9)5(8)10-3/h9H,1-3H3. The molecule has 1 atom stereocenters. The Hall–Kier alpha value is -0.350. The number of carbonyl (C=O) groups is 2. The monoisotopic (exact) mass is 162 g/mol. The van der Waals surface area contributed by atoms with Crippen molar-refractivity contribution in [2.45, 2.75) is 19.4 Å². The van der Waals surface area contributed by atoms with E-state index >= 15 is 0 Å². The molecule has 1 unspecified atom stereocenters. The highest BCUT2D eigenvalue weighted by Gasteiger charge is 2.34. The van der Waals surface area contributed by atoms with Gasteiger partial charge < -0.3 is 5.11 Å². The maximum absolute atomic E-state index is 10.8. The molecule has 0 radical (unpaired) electrons. The average molecular weight is 162 g/mol. The smallest absolute Gasteiger partial charge is 0.227 e. The Morgan fingerprint density at radius 3 is 2.00 bits per heavy atom. The van der Waals surface area contributed by atoms with Crippen molar-refractivity contribution in [3.63, 3.8) is 0 Å². The van der Waals surface area contributed by atoms with E-state index in [-0.39, 0.29) is 0 Å². The number of aliphatic hydroxyl groups is 1. The maximum Gasteiger partial charge on any atom is 0.227 e. The molecule has 4 heteroatoms. The number of ketones is 1. The lowest BCUT2D eigenvalue weighted by Gasteiger charge is -2.15. The van der Waals surface area contributed by atoms with Crippen LogP contribution in [-0.4, -0.2) is 27.9 Å². The Kier molecular flexibility index (Phi) is 3.05. The summed E-state index contributed by atoms with van der Waals surface area (Å²) in [6.45, 7) is 2.39. The van der Waals surface area contributed by atoms with Crippen LogP contribution in [0, 0.1) is 0 Å². The zero-order chi connectivity index (χ0) is 8.36. The number of hydrogen-bond acceptors (Lipinski definition) is 4. The highest BCUT2D eigenvalue weighted by atomic mass is 32.2. The zero-order valence-electron chi connectivity index (χ0n) is 6.17. The Morgan fingerprint density at radius 1 is 1.50 bits per heavy atom. The second-order valence-electron chi connectivity index (χ2n) is 2.12. The third-order valence-electron chi connectivity index (χ3n) is 1.27. The largest absolute Gasteiger partial charge is 0.374 e. The van der Waals surface area contributed by atoms with Crippen LogP contribution < -0.4 is 0 Å². The van der Waals surface area contributed by atoms with Gasteiger partial charge in [-0.15, -0.1) is 0 Å². The van der Waals surface area contributed by atoms with Gasteiger partial charge in [-0.3, -0.25) is 9.59 Å². The molecule has 10 heavy (non-hydrogen) atoms. The first-order valence-corrected chi connectivity index (χ1v) is 3.97. The SMILES string of the molecule is CSC(=O)C(C)(O)C(C)=O. The van der Waals surface area contributed by atoms with Crippen LogP contribution in [0.1, 0.15) is 13.8 Å². The van der Waals surface area contributed by atoms with Crippen molar-refractivity contribution in [3.05, 3.63) is 0 Å². The molecule has 58 valence electrons. The van der Waals surface area contributed by atoms with Gasteiger partial charge in [0.15, 0.2) is 11.4 Å². The first kappa shape index (κ1) is 9.65. The summed E-state index contributed by atoms with van der Waals surface area (Å²) in [5.41, 5.74) is -1.81. The Labute approximate surface area is 63.8 Å². The van der Waals surface area contributed by atoms with Gasteiger partial charge >= 0.3 is 0 Å². The number of hydrogen-bond donors (Lipinski definition) is 1. The van der Waals surface area contributed by atoms with E-state index in [2.05, 4.69) is 0 Å². The molecule has 0 amide bonds. The molecule has 0 spiro atoms. The molecule has 0 saturated heterocycles. The van der Waals surface area contributed by atoms with Crippen molar-refractivity contribution < 1.29 is 14.7 Å². The number of carbonyl (C=O) groups excluding carboxylic acids is 2. The summed E-state index contributed by atoms with van der Waals surface area (Å²) in [5, 5.41) is 8.63. The van der Waals surface area contributed by atoms with Gasteiger partial charge in [-0.1, -0.05) is 11.8 Å². The lowest BCUT2D eigenvalue weighted by atomic mass is 10.1. The average Bonchev–Trinajstić information content (AvgIpc) is 1.86. The van der Waals surface area contributed by atoms with E-state index in [1.165, 1.54) is 20.1 Å². The van der Waals surface area contributed by atoms with E-state index < -0.39 is 16.5 Å². The fraction of sp³-hybridized carbons (Fsp3) is 0.667. The van der Waals surface area contributed by atoms with Gasteiger partial charge in [0.25, 0.3) is 0 Å². The molecule has 0 aliphatic rings. The molecule has 0 fully saturated rings. The van der Waals surface area contributed by atoms with Crippen molar-refractivity contribution in [1.29, 1.82) is 0 Å². The summed E-state index contributed by atoms with van der Waals surface area (Å²) < 4.78 is 0. The normalized spacial score (nSPS) is 16.0. The fourth-order valence-electron chi connectivity index (χ4n) is 0.342. The molecule has 0 aliphatic heterocycles. The molecule has 0 aromatic rings. The predicted molar refractivity (Wildman–Crippen MR) is 39.8 cm³/mol. The molecule has 1 N–H and O–H groups in total. The van der Waals surface area contributed by atoms with Crippen LogP contribution in [0.25, 0.3) is 0 Å². The zero-order valence-corrected chi connectivity index (χ0v) is 6.99. The Morgan fingerprint density at radius 2 is 1.90 bits per heavy atom. The molecule has 0 aromatic heterocycles. The van der Waals surface area contributed by atoms with E-state index in [9.17, 15) is 9.59 Å². The van der Waals surface area contributed by atoms with E-state index in [1.54, 1.807) is 0 Å². The van der Waals surface area contributed by atoms with Crippen molar-refractivity contribution in [1.82, 2.24) is 0 Å². The minimum Gasteiger partial charge on any atom is -0.374 e. The quantitative estimate of drug-likeness (QED) is 0.590. The lowest BCUT2D eigenvalue weighted by Crippen LogP contribution is -2.40. The fourth-order valence-corrected chi connectivity index (χ4v) is 0.884. The van der Waals surface area contributed by atoms with Crippen molar-refractivity contribution in [3.8, 4) is 0 Å². The third kappa shape index (κ3) is 1.82. The predicted octanol–water partition coefficient (Wildman–Crippen LogP) is 0.216. The second-order valence-corrected chi connectivity index (χ2v) is 2.90. The molecular weight excluding hydrogens is 152 g/mol. The van der Waals surface area contributed by atoms with Crippen LogP contribution in [0.3, 0.4) is 0 Å². The Balaban J connectivity index is 4.40. The Bertz CT molecular complexity index is 162. The summed E-state index contributed by atoms with van der Waals surface area (Å²) in [5.74, 6) is -0.521. The summed E-state index contributed by atoms with van der Waals surface area (Å²) in [6.07, 6.45) is 1.53. The summed E-state index contributed by atoms with van der Waals surface area (Å²) in [7, 11) is 0.